The van der Waals surface area contributed by atoms with Crippen LogP contribution in [0.2, 0.25) is 0 Å². The molecule has 1 aromatic heterocycles. The number of aliphatic hydroxyl groups excluding tert-OH is 1. The first kappa shape index (κ1) is 11.1. The SMILES string of the molecule is CCCc1nc(C(=O)O)c2n1CCC(O)C2. The summed E-state index contributed by atoms with van der Waals surface area (Å²) >= 11 is 0. The number of aliphatic hydroxyl groups is 1. The lowest BCUT2D eigenvalue weighted by molar-refractivity contribution is 0.0687. The number of aryl methyl sites for hydroxylation is 1. The number of hydrogen-bond donors (Lipinski definition) is 2. The molecule has 5 heteroatoms. The van der Waals surface area contributed by atoms with Gasteiger partial charge in [-0.25, -0.2) is 9.78 Å². The highest BCUT2D eigenvalue weighted by Gasteiger charge is 2.26. The van der Waals surface area contributed by atoms with Crippen molar-refractivity contribution in [3.63, 3.8) is 0 Å². The third-order valence-electron chi connectivity index (χ3n) is 2.94. The molecule has 0 aliphatic carbocycles. The monoisotopic (exact) mass is 224 g/mol. The van der Waals surface area contributed by atoms with Gasteiger partial charge in [0.05, 0.1) is 11.8 Å². The second kappa shape index (κ2) is 4.25. The van der Waals surface area contributed by atoms with E-state index in [1.165, 1.54) is 0 Å². The number of aromatic nitrogens is 2. The predicted octanol–water partition coefficient (Wildman–Crippen LogP) is 0.841. The smallest absolute Gasteiger partial charge is 0.356 e. The number of fused-ring (bicyclic) bond motifs is 1. The minimum Gasteiger partial charge on any atom is -0.476 e. The Balaban J connectivity index is 2.44. The second-order valence-electron chi connectivity index (χ2n) is 4.18. The molecule has 0 fully saturated rings. The van der Waals surface area contributed by atoms with Gasteiger partial charge in [-0.3, -0.25) is 0 Å². The van der Waals surface area contributed by atoms with Gasteiger partial charge in [0, 0.05) is 19.4 Å². The summed E-state index contributed by atoms with van der Waals surface area (Å²) in [6.45, 7) is 2.71. The summed E-state index contributed by atoms with van der Waals surface area (Å²) in [5.41, 5.74) is 0.789. The van der Waals surface area contributed by atoms with E-state index in [9.17, 15) is 9.90 Å². The zero-order chi connectivity index (χ0) is 11.7. The molecular formula is C11H16N2O3. The lowest BCUT2D eigenvalue weighted by Crippen LogP contribution is -2.25. The van der Waals surface area contributed by atoms with E-state index >= 15 is 0 Å². The Kier molecular flexibility index (Phi) is 2.96. The van der Waals surface area contributed by atoms with E-state index in [4.69, 9.17) is 5.11 Å². The number of nitrogens with zero attached hydrogens (tertiary/aromatic N) is 2. The van der Waals surface area contributed by atoms with Crippen LogP contribution in [0.3, 0.4) is 0 Å². The van der Waals surface area contributed by atoms with E-state index in [0.717, 1.165) is 18.7 Å². The van der Waals surface area contributed by atoms with Crippen molar-refractivity contribution in [1.82, 2.24) is 9.55 Å². The van der Waals surface area contributed by atoms with Crippen molar-refractivity contribution in [2.75, 3.05) is 0 Å². The molecule has 1 aliphatic heterocycles. The van der Waals surface area contributed by atoms with E-state index in [1.54, 1.807) is 0 Å². The van der Waals surface area contributed by atoms with Crippen molar-refractivity contribution in [2.45, 2.75) is 45.3 Å². The maximum atomic E-state index is 11.0. The van der Waals surface area contributed by atoms with Gasteiger partial charge in [0.2, 0.25) is 0 Å². The van der Waals surface area contributed by atoms with Crippen LogP contribution in [0.1, 0.15) is 41.8 Å². The molecule has 0 amide bonds. The second-order valence-corrected chi connectivity index (χ2v) is 4.18. The highest BCUT2D eigenvalue weighted by atomic mass is 16.4. The molecule has 1 atom stereocenters. The van der Waals surface area contributed by atoms with Gasteiger partial charge in [-0.2, -0.15) is 0 Å². The summed E-state index contributed by atoms with van der Waals surface area (Å²) in [4.78, 5) is 15.2. The maximum Gasteiger partial charge on any atom is 0.356 e. The Morgan fingerprint density at radius 3 is 3.00 bits per heavy atom. The highest BCUT2D eigenvalue weighted by molar-refractivity contribution is 5.87. The maximum absolute atomic E-state index is 11.0. The molecule has 0 saturated carbocycles. The van der Waals surface area contributed by atoms with E-state index in [2.05, 4.69) is 4.98 Å². The van der Waals surface area contributed by atoms with E-state index in [0.29, 0.717) is 25.1 Å². The molecule has 88 valence electrons. The van der Waals surface area contributed by atoms with E-state index < -0.39 is 12.1 Å². The molecule has 0 bridgehead atoms. The van der Waals surface area contributed by atoms with Gasteiger partial charge in [-0.05, 0) is 12.8 Å². The Hall–Kier alpha value is -1.36. The van der Waals surface area contributed by atoms with Gasteiger partial charge in [-0.15, -0.1) is 0 Å². The van der Waals surface area contributed by atoms with E-state index in [1.807, 2.05) is 11.5 Å². The summed E-state index contributed by atoms with van der Waals surface area (Å²) in [7, 11) is 0. The van der Waals surface area contributed by atoms with Gasteiger partial charge in [-0.1, -0.05) is 6.92 Å². The van der Waals surface area contributed by atoms with Crippen molar-refractivity contribution in [2.24, 2.45) is 0 Å². The molecule has 2 rings (SSSR count). The van der Waals surface area contributed by atoms with Crippen LogP contribution in [0.15, 0.2) is 0 Å². The molecule has 16 heavy (non-hydrogen) atoms. The zero-order valence-electron chi connectivity index (χ0n) is 9.31. The number of carboxylic acid groups (broad SMARTS) is 1. The van der Waals surface area contributed by atoms with Crippen LogP contribution >= 0.6 is 0 Å². The van der Waals surface area contributed by atoms with E-state index in [-0.39, 0.29) is 5.69 Å². The van der Waals surface area contributed by atoms with Gasteiger partial charge in [0.25, 0.3) is 0 Å². The van der Waals surface area contributed by atoms with Crippen LogP contribution in [-0.2, 0) is 19.4 Å². The predicted molar refractivity (Wildman–Crippen MR) is 57.5 cm³/mol. The van der Waals surface area contributed by atoms with Crippen molar-refractivity contribution in [3.05, 3.63) is 17.2 Å². The van der Waals surface area contributed by atoms with Gasteiger partial charge >= 0.3 is 5.97 Å². The molecule has 0 saturated heterocycles. The summed E-state index contributed by atoms with van der Waals surface area (Å²) in [5, 5.41) is 18.6. The molecule has 1 aromatic rings. The van der Waals surface area contributed by atoms with Crippen molar-refractivity contribution in [1.29, 1.82) is 0 Å². The first-order valence-electron chi connectivity index (χ1n) is 5.63. The fourth-order valence-electron chi connectivity index (χ4n) is 2.20. The normalized spacial score (nSPS) is 19.5. The minimum absolute atomic E-state index is 0.113. The number of carboxylic acids is 1. The third kappa shape index (κ3) is 1.82. The molecule has 5 nitrogen and oxygen atoms in total. The van der Waals surface area contributed by atoms with Gasteiger partial charge < -0.3 is 14.8 Å². The molecule has 1 aliphatic rings. The molecule has 1 unspecified atom stereocenters. The quantitative estimate of drug-likeness (QED) is 0.797. The van der Waals surface area contributed by atoms with Crippen molar-refractivity contribution >= 4 is 5.97 Å². The van der Waals surface area contributed by atoms with Crippen LogP contribution in [0.5, 0.6) is 0 Å². The fourth-order valence-corrected chi connectivity index (χ4v) is 2.20. The van der Waals surface area contributed by atoms with Crippen LogP contribution in [-0.4, -0.2) is 31.8 Å². The zero-order valence-corrected chi connectivity index (χ0v) is 9.31. The first-order chi connectivity index (χ1) is 7.63. The topological polar surface area (TPSA) is 75.3 Å². The molecule has 2 heterocycles. The molecule has 0 spiro atoms. The Bertz CT molecular complexity index is 412. The lowest BCUT2D eigenvalue weighted by Gasteiger charge is -2.21. The van der Waals surface area contributed by atoms with Gasteiger partial charge in [0.15, 0.2) is 5.69 Å². The van der Waals surface area contributed by atoms with Crippen LogP contribution in [0.25, 0.3) is 0 Å². The first-order valence-corrected chi connectivity index (χ1v) is 5.63. The third-order valence-corrected chi connectivity index (χ3v) is 2.94. The molecule has 0 radical (unpaired) electrons. The summed E-state index contributed by atoms with van der Waals surface area (Å²) < 4.78 is 1.96. The number of hydrogen-bond acceptors (Lipinski definition) is 3. The summed E-state index contributed by atoms with van der Waals surface area (Å²) in [5.74, 6) is -0.165. The van der Waals surface area contributed by atoms with Gasteiger partial charge in [0.1, 0.15) is 5.82 Å². The number of rotatable bonds is 3. The van der Waals surface area contributed by atoms with Crippen LogP contribution in [0, 0.1) is 0 Å². The lowest BCUT2D eigenvalue weighted by atomic mass is 10.1. The number of carbonyl (C=O) groups is 1. The van der Waals surface area contributed by atoms with Crippen LogP contribution < -0.4 is 0 Å². The summed E-state index contributed by atoms with van der Waals surface area (Å²) in [6.07, 6.45) is 2.38. The van der Waals surface area contributed by atoms with Crippen molar-refractivity contribution in [3.8, 4) is 0 Å². The fraction of sp³-hybridized carbons (Fsp3) is 0.636. The standard InChI is InChI=1S/C11H16N2O3/c1-2-3-9-12-10(11(15)16)8-6-7(14)4-5-13(8)9/h7,14H,2-6H2,1H3,(H,15,16). The summed E-state index contributed by atoms with van der Waals surface area (Å²) in [6, 6.07) is 0. The molecule has 0 aromatic carbocycles. The average Bonchev–Trinajstić information content (AvgIpc) is 2.57. The Morgan fingerprint density at radius 2 is 2.38 bits per heavy atom. The van der Waals surface area contributed by atoms with Crippen molar-refractivity contribution < 1.29 is 15.0 Å². The van der Waals surface area contributed by atoms with Crippen LogP contribution in [0.4, 0.5) is 0 Å². The highest BCUT2D eigenvalue weighted by Crippen LogP contribution is 2.22. The molecule has 2 N–H and O–H groups in total. The minimum atomic E-state index is -1.000. The average molecular weight is 224 g/mol. The largest absolute Gasteiger partial charge is 0.476 e. The number of imidazole rings is 1. The molecular weight excluding hydrogens is 208 g/mol. The number of aromatic carboxylic acids is 1. The Morgan fingerprint density at radius 1 is 1.62 bits per heavy atom. The Labute approximate surface area is 93.7 Å².